The smallest absolute Gasteiger partial charge is 0.407 e. The Bertz CT molecular complexity index is 238. The Hall–Kier alpha value is -1.06. The molecule has 1 amide bonds. The minimum absolute atomic E-state index is 0.00463. The van der Waals surface area contributed by atoms with Crippen LogP contribution in [0.5, 0.6) is 0 Å². The highest BCUT2D eigenvalue weighted by Crippen LogP contribution is 2.35. The number of carboxylic acid groups (broad SMARTS) is 1. The zero-order valence-electron chi connectivity index (χ0n) is 6.69. The van der Waals surface area contributed by atoms with Gasteiger partial charge in [0.25, 0.3) is 0 Å². The van der Waals surface area contributed by atoms with Crippen molar-refractivity contribution in [2.75, 3.05) is 6.54 Å². The molecule has 1 saturated heterocycles. The topological polar surface area (TPSA) is 57.6 Å². The predicted molar refractivity (Wildman–Crippen MR) is 40.9 cm³/mol. The molecule has 4 heteroatoms. The molecule has 1 heterocycles. The van der Waals surface area contributed by atoms with Crippen molar-refractivity contribution in [2.45, 2.75) is 25.3 Å². The number of ketones is 1. The van der Waals surface area contributed by atoms with E-state index in [2.05, 4.69) is 0 Å². The van der Waals surface area contributed by atoms with Crippen LogP contribution in [0.15, 0.2) is 0 Å². The van der Waals surface area contributed by atoms with Crippen LogP contribution in [0.4, 0.5) is 4.79 Å². The zero-order valence-corrected chi connectivity index (χ0v) is 6.69. The Labute approximate surface area is 70.2 Å². The third-order valence-corrected chi connectivity index (χ3v) is 2.86. The lowest BCUT2D eigenvalue weighted by Gasteiger charge is -2.18. The first-order valence-corrected chi connectivity index (χ1v) is 4.20. The van der Waals surface area contributed by atoms with Gasteiger partial charge in [-0.3, -0.25) is 4.79 Å². The number of amides is 1. The summed E-state index contributed by atoms with van der Waals surface area (Å²) in [7, 11) is 0. The van der Waals surface area contributed by atoms with Crippen LogP contribution >= 0.6 is 0 Å². The van der Waals surface area contributed by atoms with Gasteiger partial charge in [0.2, 0.25) is 0 Å². The monoisotopic (exact) mass is 169 g/mol. The SMILES string of the molecule is O=C1CC2CCN(C(=O)O)C2C1. The average molecular weight is 169 g/mol. The van der Waals surface area contributed by atoms with Crippen molar-refractivity contribution in [1.29, 1.82) is 0 Å². The fraction of sp³-hybridized carbons (Fsp3) is 0.750. The molecule has 0 spiro atoms. The molecule has 4 nitrogen and oxygen atoms in total. The molecule has 66 valence electrons. The van der Waals surface area contributed by atoms with E-state index in [1.54, 1.807) is 0 Å². The normalized spacial score (nSPS) is 34.0. The molecule has 2 unspecified atom stereocenters. The van der Waals surface area contributed by atoms with Crippen molar-refractivity contribution in [3.63, 3.8) is 0 Å². The Kier molecular flexibility index (Phi) is 1.56. The molecule has 2 fully saturated rings. The number of Topliss-reactive ketones (excluding diaryl/α,β-unsaturated/α-hetero) is 1. The Balaban J connectivity index is 2.13. The molecule has 12 heavy (non-hydrogen) atoms. The molecular weight excluding hydrogens is 158 g/mol. The van der Waals surface area contributed by atoms with Gasteiger partial charge < -0.3 is 10.0 Å². The van der Waals surface area contributed by atoms with E-state index in [-0.39, 0.29) is 11.8 Å². The molecule has 0 radical (unpaired) electrons. The number of hydrogen-bond acceptors (Lipinski definition) is 2. The van der Waals surface area contributed by atoms with Gasteiger partial charge in [0.1, 0.15) is 5.78 Å². The fourth-order valence-electron chi connectivity index (χ4n) is 2.28. The lowest BCUT2D eigenvalue weighted by atomic mass is 10.1. The lowest BCUT2D eigenvalue weighted by molar-refractivity contribution is -0.117. The number of carbonyl (C=O) groups excluding carboxylic acids is 1. The highest BCUT2D eigenvalue weighted by atomic mass is 16.4. The van der Waals surface area contributed by atoms with E-state index in [0.29, 0.717) is 25.3 Å². The summed E-state index contributed by atoms with van der Waals surface area (Å²) in [5, 5.41) is 8.76. The summed E-state index contributed by atoms with van der Waals surface area (Å²) >= 11 is 0. The van der Waals surface area contributed by atoms with Crippen LogP contribution in [0.1, 0.15) is 19.3 Å². The second-order valence-corrected chi connectivity index (χ2v) is 3.54. The summed E-state index contributed by atoms with van der Waals surface area (Å²) in [6.45, 7) is 0.609. The maximum atomic E-state index is 11.0. The number of rotatable bonds is 0. The predicted octanol–water partition coefficient (Wildman–Crippen LogP) is 0.718. The van der Waals surface area contributed by atoms with E-state index in [0.717, 1.165) is 6.42 Å². The molecule has 0 aromatic rings. The van der Waals surface area contributed by atoms with Crippen LogP contribution in [0, 0.1) is 5.92 Å². The third-order valence-electron chi connectivity index (χ3n) is 2.86. The number of nitrogens with zero attached hydrogens (tertiary/aromatic N) is 1. The Morgan fingerprint density at radius 1 is 1.50 bits per heavy atom. The minimum atomic E-state index is -0.878. The first-order chi connectivity index (χ1) is 5.68. The highest BCUT2D eigenvalue weighted by molar-refractivity contribution is 5.83. The largest absolute Gasteiger partial charge is 0.465 e. The van der Waals surface area contributed by atoms with Gasteiger partial charge in [-0.15, -0.1) is 0 Å². The number of fused-ring (bicyclic) bond motifs is 1. The van der Waals surface area contributed by atoms with E-state index in [1.165, 1.54) is 4.90 Å². The van der Waals surface area contributed by atoms with E-state index in [9.17, 15) is 9.59 Å². The van der Waals surface area contributed by atoms with Crippen molar-refractivity contribution in [1.82, 2.24) is 4.90 Å². The summed E-state index contributed by atoms with van der Waals surface area (Å²) in [6, 6.07) is -0.00463. The maximum absolute atomic E-state index is 11.0. The van der Waals surface area contributed by atoms with Crippen molar-refractivity contribution < 1.29 is 14.7 Å². The molecule has 2 aliphatic rings. The summed E-state index contributed by atoms with van der Waals surface area (Å²) in [5.41, 5.74) is 0. The molecule has 1 aliphatic carbocycles. The molecule has 1 aliphatic heterocycles. The van der Waals surface area contributed by atoms with Crippen molar-refractivity contribution in [3.8, 4) is 0 Å². The summed E-state index contributed by atoms with van der Waals surface area (Å²) in [5.74, 6) is 0.532. The number of likely N-dealkylation sites (tertiary alicyclic amines) is 1. The van der Waals surface area contributed by atoms with Crippen LogP contribution in [0.25, 0.3) is 0 Å². The van der Waals surface area contributed by atoms with Gasteiger partial charge in [0, 0.05) is 25.4 Å². The highest BCUT2D eigenvalue weighted by Gasteiger charge is 2.43. The molecular formula is C8H11NO3. The third kappa shape index (κ3) is 0.983. The number of hydrogen-bond donors (Lipinski definition) is 1. The van der Waals surface area contributed by atoms with Crippen LogP contribution in [-0.4, -0.2) is 34.5 Å². The van der Waals surface area contributed by atoms with Gasteiger partial charge in [-0.25, -0.2) is 4.79 Å². The van der Waals surface area contributed by atoms with Crippen molar-refractivity contribution in [2.24, 2.45) is 5.92 Å². The summed E-state index contributed by atoms with van der Waals surface area (Å²) < 4.78 is 0. The first kappa shape index (κ1) is 7.58. The van der Waals surface area contributed by atoms with E-state index in [1.807, 2.05) is 0 Å². The van der Waals surface area contributed by atoms with E-state index < -0.39 is 6.09 Å². The first-order valence-electron chi connectivity index (χ1n) is 4.20. The summed E-state index contributed by atoms with van der Waals surface area (Å²) in [6.07, 6.45) is 1.02. The molecule has 2 atom stereocenters. The molecule has 1 N–H and O–H groups in total. The van der Waals surface area contributed by atoms with Gasteiger partial charge >= 0.3 is 6.09 Å². The zero-order chi connectivity index (χ0) is 8.72. The van der Waals surface area contributed by atoms with Crippen LogP contribution in [0.2, 0.25) is 0 Å². The van der Waals surface area contributed by atoms with Gasteiger partial charge in [0.15, 0.2) is 0 Å². The Morgan fingerprint density at radius 2 is 2.25 bits per heavy atom. The molecule has 1 saturated carbocycles. The van der Waals surface area contributed by atoms with Crippen LogP contribution in [0.3, 0.4) is 0 Å². The van der Waals surface area contributed by atoms with Gasteiger partial charge in [0.05, 0.1) is 0 Å². The second-order valence-electron chi connectivity index (χ2n) is 3.54. The molecule has 2 rings (SSSR count). The molecule has 0 aromatic carbocycles. The van der Waals surface area contributed by atoms with Gasteiger partial charge in [-0.1, -0.05) is 0 Å². The van der Waals surface area contributed by atoms with E-state index >= 15 is 0 Å². The van der Waals surface area contributed by atoms with Crippen molar-refractivity contribution in [3.05, 3.63) is 0 Å². The van der Waals surface area contributed by atoms with Gasteiger partial charge in [-0.2, -0.15) is 0 Å². The Morgan fingerprint density at radius 3 is 2.92 bits per heavy atom. The van der Waals surface area contributed by atoms with E-state index in [4.69, 9.17) is 5.11 Å². The standard InChI is InChI=1S/C8H11NO3/c10-6-3-5-1-2-9(8(11)12)7(5)4-6/h5,7H,1-4H2,(H,11,12). The van der Waals surface area contributed by atoms with Crippen LogP contribution < -0.4 is 0 Å². The minimum Gasteiger partial charge on any atom is -0.465 e. The quantitative estimate of drug-likeness (QED) is 0.581. The second kappa shape index (κ2) is 2.47. The average Bonchev–Trinajstić information content (AvgIpc) is 2.43. The molecule has 0 aromatic heterocycles. The van der Waals surface area contributed by atoms with Gasteiger partial charge in [-0.05, 0) is 12.3 Å². The van der Waals surface area contributed by atoms with Crippen LogP contribution in [-0.2, 0) is 4.79 Å². The number of carbonyl (C=O) groups is 2. The summed E-state index contributed by atoms with van der Waals surface area (Å²) in [4.78, 5) is 23.1. The molecule has 0 bridgehead atoms. The maximum Gasteiger partial charge on any atom is 0.407 e. The van der Waals surface area contributed by atoms with Crippen molar-refractivity contribution >= 4 is 11.9 Å². The fourth-order valence-corrected chi connectivity index (χ4v) is 2.28. The lowest BCUT2D eigenvalue weighted by Crippen LogP contribution is -2.34.